The Morgan fingerprint density at radius 3 is 2.81 bits per heavy atom. The first-order chi connectivity index (χ1) is 7.44. The predicted octanol–water partition coefficient (Wildman–Crippen LogP) is 2.79. The third kappa shape index (κ3) is 2.15. The standard InChI is InChI=1S/C10H13ClN2O2S/c1-10(2)4-5(10)12-9-13-7(11)6(16-9)8(14)15-3/h5H,4H2,1-3H3,(H,12,13). The summed E-state index contributed by atoms with van der Waals surface area (Å²) in [7, 11) is 1.33. The molecule has 1 unspecified atom stereocenters. The molecule has 1 aliphatic carbocycles. The lowest BCUT2D eigenvalue weighted by Crippen LogP contribution is -2.07. The van der Waals surface area contributed by atoms with Crippen LogP contribution in [0.1, 0.15) is 29.9 Å². The number of halogens is 1. The summed E-state index contributed by atoms with van der Waals surface area (Å²) >= 11 is 7.08. The highest BCUT2D eigenvalue weighted by Crippen LogP contribution is 2.47. The van der Waals surface area contributed by atoms with Crippen molar-refractivity contribution in [3.8, 4) is 0 Å². The summed E-state index contributed by atoms with van der Waals surface area (Å²) in [6, 6.07) is 0.417. The van der Waals surface area contributed by atoms with Gasteiger partial charge in [0, 0.05) is 6.04 Å². The van der Waals surface area contributed by atoms with Gasteiger partial charge in [0.05, 0.1) is 7.11 Å². The number of hydrogen-bond acceptors (Lipinski definition) is 5. The zero-order valence-electron chi connectivity index (χ0n) is 9.33. The lowest BCUT2D eigenvalue weighted by atomic mass is 10.2. The average molecular weight is 261 g/mol. The lowest BCUT2D eigenvalue weighted by molar-refractivity contribution is 0.0606. The summed E-state index contributed by atoms with van der Waals surface area (Å²) in [4.78, 5) is 15.8. The summed E-state index contributed by atoms with van der Waals surface area (Å²) in [5.74, 6) is -0.439. The fraction of sp³-hybridized carbons (Fsp3) is 0.600. The molecule has 0 spiro atoms. The van der Waals surface area contributed by atoms with Crippen molar-refractivity contribution in [1.29, 1.82) is 0 Å². The van der Waals surface area contributed by atoms with E-state index in [0.717, 1.165) is 6.42 Å². The van der Waals surface area contributed by atoms with E-state index in [0.29, 0.717) is 21.5 Å². The monoisotopic (exact) mass is 260 g/mol. The van der Waals surface area contributed by atoms with Gasteiger partial charge in [-0.25, -0.2) is 9.78 Å². The molecule has 1 saturated carbocycles. The van der Waals surface area contributed by atoms with Crippen LogP contribution in [0.15, 0.2) is 0 Å². The number of nitrogens with zero attached hydrogens (tertiary/aromatic N) is 1. The Labute approximate surface area is 103 Å². The van der Waals surface area contributed by atoms with Gasteiger partial charge in [-0.2, -0.15) is 0 Å². The number of thiazole rings is 1. The summed E-state index contributed by atoms with van der Waals surface area (Å²) < 4.78 is 4.61. The molecule has 16 heavy (non-hydrogen) atoms. The van der Waals surface area contributed by atoms with Gasteiger partial charge >= 0.3 is 5.97 Å². The molecule has 1 atom stereocenters. The number of anilines is 1. The molecule has 88 valence electrons. The van der Waals surface area contributed by atoms with E-state index >= 15 is 0 Å². The van der Waals surface area contributed by atoms with Gasteiger partial charge in [-0.05, 0) is 11.8 Å². The van der Waals surface area contributed by atoms with Gasteiger partial charge in [-0.3, -0.25) is 0 Å². The molecule has 0 bridgehead atoms. The number of carbonyl (C=O) groups is 1. The van der Waals surface area contributed by atoms with Gasteiger partial charge in [0.15, 0.2) is 15.2 Å². The number of nitrogens with one attached hydrogen (secondary N) is 1. The first-order valence-electron chi connectivity index (χ1n) is 4.95. The molecule has 0 amide bonds. The first kappa shape index (κ1) is 11.7. The van der Waals surface area contributed by atoms with Crippen LogP contribution in [0, 0.1) is 5.41 Å². The third-order valence-electron chi connectivity index (χ3n) is 2.77. The highest BCUT2D eigenvalue weighted by molar-refractivity contribution is 7.18. The Kier molecular flexibility index (Phi) is 2.84. The second-order valence-corrected chi connectivity index (χ2v) is 5.88. The highest BCUT2D eigenvalue weighted by atomic mass is 35.5. The van der Waals surface area contributed by atoms with E-state index in [4.69, 9.17) is 11.6 Å². The third-order valence-corrected chi connectivity index (χ3v) is 4.12. The molecule has 1 aromatic rings. The van der Waals surface area contributed by atoms with Crippen LogP contribution in [-0.4, -0.2) is 24.1 Å². The molecule has 1 N–H and O–H groups in total. The van der Waals surface area contributed by atoms with Crippen molar-refractivity contribution in [2.45, 2.75) is 26.3 Å². The topological polar surface area (TPSA) is 51.2 Å². The van der Waals surface area contributed by atoms with E-state index in [9.17, 15) is 4.79 Å². The van der Waals surface area contributed by atoms with Crippen molar-refractivity contribution >= 4 is 34.0 Å². The Balaban J connectivity index is 2.10. The summed E-state index contributed by atoms with van der Waals surface area (Å²) in [5, 5.41) is 4.15. The average Bonchev–Trinajstić information content (AvgIpc) is 2.63. The Morgan fingerprint density at radius 2 is 2.31 bits per heavy atom. The van der Waals surface area contributed by atoms with Crippen LogP contribution >= 0.6 is 22.9 Å². The Hall–Kier alpha value is -0.810. The quantitative estimate of drug-likeness (QED) is 0.849. The minimum Gasteiger partial charge on any atom is -0.465 e. The van der Waals surface area contributed by atoms with Crippen LogP contribution in [0.5, 0.6) is 0 Å². The Bertz CT molecular complexity index is 430. The maximum Gasteiger partial charge on any atom is 0.351 e. The fourth-order valence-electron chi connectivity index (χ4n) is 1.44. The van der Waals surface area contributed by atoms with Gasteiger partial charge < -0.3 is 10.1 Å². The van der Waals surface area contributed by atoms with Crippen molar-refractivity contribution < 1.29 is 9.53 Å². The number of esters is 1. The minimum absolute atomic E-state index is 0.206. The molecule has 4 nitrogen and oxygen atoms in total. The van der Waals surface area contributed by atoms with Gasteiger partial charge in [-0.15, -0.1) is 0 Å². The van der Waals surface area contributed by atoms with Crippen LogP contribution in [-0.2, 0) is 4.74 Å². The molecule has 2 rings (SSSR count). The maximum absolute atomic E-state index is 11.3. The molecule has 0 aliphatic heterocycles. The van der Waals surface area contributed by atoms with Crippen molar-refractivity contribution in [3.63, 3.8) is 0 Å². The molecule has 1 aromatic heterocycles. The smallest absolute Gasteiger partial charge is 0.351 e. The molecular formula is C10H13ClN2O2S. The maximum atomic E-state index is 11.3. The molecule has 1 heterocycles. The Morgan fingerprint density at radius 1 is 1.69 bits per heavy atom. The number of rotatable bonds is 3. The predicted molar refractivity (Wildman–Crippen MR) is 64.3 cm³/mol. The zero-order chi connectivity index (χ0) is 11.9. The number of ether oxygens (including phenoxy) is 1. The van der Waals surface area contributed by atoms with E-state index < -0.39 is 5.97 Å². The van der Waals surface area contributed by atoms with Crippen LogP contribution in [0.4, 0.5) is 5.13 Å². The van der Waals surface area contributed by atoms with Crippen LogP contribution < -0.4 is 5.32 Å². The molecular weight excluding hydrogens is 248 g/mol. The van der Waals surface area contributed by atoms with Crippen LogP contribution in [0.2, 0.25) is 5.15 Å². The second kappa shape index (κ2) is 3.89. The number of hydrogen-bond donors (Lipinski definition) is 1. The van der Waals surface area contributed by atoms with Crippen LogP contribution in [0.3, 0.4) is 0 Å². The summed E-state index contributed by atoms with van der Waals surface area (Å²) in [6.07, 6.45) is 1.11. The molecule has 0 saturated heterocycles. The molecule has 0 radical (unpaired) electrons. The van der Waals surface area contributed by atoms with Crippen molar-refractivity contribution in [2.75, 3.05) is 12.4 Å². The van der Waals surface area contributed by atoms with Crippen LogP contribution in [0.25, 0.3) is 0 Å². The highest BCUT2D eigenvalue weighted by Gasteiger charge is 2.46. The fourth-order valence-corrected chi connectivity index (χ4v) is 2.60. The SMILES string of the molecule is COC(=O)c1sc(NC2CC2(C)C)nc1Cl. The van der Waals surface area contributed by atoms with E-state index in [-0.39, 0.29) is 5.15 Å². The van der Waals surface area contributed by atoms with Gasteiger partial charge in [-0.1, -0.05) is 36.8 Å². The minimum atomic E-state index is -0.439. The van der Waals surface area contributed by atoms with Crippen molar-refractivity contribution in [2.24, 2.45) is 5.41 Å². The van der Waals surface area contributed by atoms with Crippen molar-refractivity contribution in [1.82, 2.24) is 4.98 Å². The zero-order valence-corrected chi connectivity index (χ0v) is 10.9. The number of methoxy groups -OCH3 is 1. The molecule has 1 aliphatic rings. The van der Waals surface area contributed by atoms with E-state index in [2.05, 4.69) is 28.9 Å². The van der Waals surface area contributed by atoms with Gasteiger partial charge in [0.2, 0.25) is 0 Å². The van der Waals surface area contributed by atoms with E-state index in [1.165, 1.54) is 18.4 Å². The number of aromatic nitrogens is 1. The second-order valence-electron chi connectivity index (χ2n) is 4.52. The molecule has 1 fully saturated rings. The normalized spacial score (nSPS) is 21.6. The largest absolute Gasteiger partial charge is 0.465 e. The van der Waals surface area contributed by atoms with Gasteiger partial charge in [0.25, 0.3) is 0 Å². The lowest BCUT2D eigenvalue weighted by Gasteiger charge is -2.03. The van der Waals surface area contributed by atoms with Crippen molar-refractivity contribution in [3.05, 3.63) is 10.0 Å². The van der Waals surface area contributed by atoms with Gasteiger partial charge in [0.1, 0.15) is 0 Å². The van der Waals surface area contributed by atoms with E-state index in [1.807, 2.05) is 0 Å². The van der Waals surface area contributed by atoms with E-state index in [1.54, 1.807) is 0 Å². The first-order valence-corrected chi connectivity index (χ1v) is 6.14. The summed E-state index contributed by atoms with van der Waals surface area (Å²) in [6.45, 7) is 4.36. The molecule has 6 heteroatoms. The molecule has 0 aromatic carbocycles. The summed E-state index contributed by atoms with van der Waals surface area (Å²) in [5.41, 5.74) is 0.309. The number of carbonyl (C=O) groups excluding carboxylic acids is 1.